The minimum atomic E-state index is -0.944. The highest BCUT2D eigenvalue weighted by atomic mass is 79.9. The number of hydrogen-bond acceptors (Lipinski definition) is 5. The zero-order valence-electron chi connectivity index (χ0n) is 31.1. The number of carbonyl (C=O) groups is 3. The lowest BCUT2D eigenvalue weighted by Crippen LogP contribution is -2.50. The Morgan fingerprint density at radius 1 is 0.732 bits per heavy atom. The average molecular weight is 816 g/mol. The number of carbonyl (C=O) groups excluding carboxylic acids is 3. The van der Waals surface area contributed by atoms with E-state index in [1.54, 1.807) is 18.2 Å². The second-order valence-electron chi connectivity index (χ2n) is 13.5. The zero-order chi connectivity index (χ0) is 39.3. The van der Waals surface area contributed by atoms with Gasteiger partial charge in [0.15, 0.2) is 5.96 Å². The summed E-state index contributed by atoms with van der Waals surface area (Å²) in [5, 5.41) is 15.4. The van der Waals surface area contributed by atoms with Crippen molar-refractivity contribution in [3.8, 4) is 11.1 Å². The number of unbranched alkanes of at least 4 members (excludes halogenated alkanes) is 3. The monoisotopic (exact) mass is 814 g/mol. The normalized spacial score (nSPS) is 12.0. The molecule has 56 heavy (non-hydrogen) atoms. The molecule has 0 aliphatic rings. The van der Waals surface area contributed by atoms with Gasteiger partial charge in [0.05, 0.1) is 5.69 Å². The second kappa shape index (κ2) is 19.6. The average Bonchev–Trinajstić information content (AvgIpc) is 3.62. The summed E-state index contributed by atoms with van der Waals surface area (Å²) in [6.45, 7) is 2.09. The molecule has 6 aromatic rings. The number of para-hydroxylation sites is 2. The second-order valence-corrected chi connectivity index (χ2v) is 14.4. The predicted octanol–water partition coefficient (Wildman–Crippen LogP) is 6.69. The highest BCUT2D eigenvalue weighted by Gasteiger charge is 2.26. The van der Waals surface area contributed by atoms with E-state index in [4.69, 9.17) is 16.5 Å². The van der Waals surface area contributed by atoms with Crippen LogP contribution in [0, 0.1) is 0 Å². The molecule has 1 heterocycles. The van der Waals surface area contributed by atoms with E-state index in [1.165, 1.54) is 0 Å². The third-order valence-electron chi connectivity index (χ3n) is 9.55. The van der Waals surface area contributed by atoms with E-state index in [0.717, 1.165) is 65.2 Å². The number of guanidine groups is 1. The van der Waals surface area contributed by atoms with E-state index >= 15 is 0 Å². The van der Waals surface area contributed by atoms with Crippen LogP contribution in [-0.2, 0) is 11.2 Å². The molecule has 0 spiro atoms. The van der Waals surface area contributed by atoms with Gasteiger partial charge in [0.1, 0.15) is 6.04 Å². The Hall–Kier alpha value is -5.98. The number of fused-ring (bicyclic) bond motifs is 2. The molecule has 1 atom stereocenters. The van der Waals surface area contributed by atoms with E-state index < -0.39 is 17.9 Å². The van der Waals surface area contributed by atoms with E-state index in [2.05, 4.69) is 42.2 Å². The van der Waals surface area contributed by atoms with Crippen LogP contribution in [0.5, 0.6) is 0 Å². The first-order valence-electron chi connectivity index (χ1n) is 18.9. The van der Waals surface area contributed by atoms with Gasteiger partial charge in [-0.25, -0.2) is 4.99 Å². The fourth-order valence-corrected chi connectivity index (χ4v) is 7.11. The van der Waals surface area contributed by atoms with Gasteiger partial charge in [-0.05, 0) is 77.7 Å². The molecule has 9 N–H and O–H groups in total. The van der Waals surface area contributed by atoms with Crippen LogP contribution in [0.3, 0.4) is 0 Å². The summed E-state index contributed by atoms with van der Waals surface area (Å²) in [6.07, 6.45) is 6.23. The Kier molecular flexibility index (Phi) is 13.9. The number of nitrogens with one attached hydrogen (secondary N) is 5. The summed E-state index contributed by atoms with van der Waals surface area (Å²) in [5.74, 6) is -0.825. The largest absolute Gasteiger partial charge is 0.366 e. The van der Waals surface area contributed by atoms with E-state index in [-0.39, 0.29) is 30.0 Å². The van der Waals surface area contributed by atoms with Crippen LogP contribution in [0.4, 0.5) is 5.69 Å². The molecule has 0 aliphatic carbocycles. The number of primary amides is 1. The number of benzene rings is 5. The minimum absolute atomic E-state index is 0.228. The van der Waals surface area contributed by atoms with Crippen molar-refractivity contribution in [1.82, 2.24) is 26.3 Å². The molecule has 0 fully saturated rings. The first-order valence-corrected chi connectivity index (χ1v) is 19.7. The van der Waals surface area contributed by atoms with Gasteiger partial charge in [0, 0.05) is 64.3 Å². The maximum atomic E-state index is 14.4. The number of H-pyrrole nitrogens is 1. The van der Waals surface area contributed by atoms with Crippen LogP contribution >= 0.6 is 15.9 Å². The molecule has 6 rings (SSSR count). The first-order chi connectivity index (χ1) is 27.3. The number of amides is 3. The lowest BCUT2D eigenvalue weighted by molar-refractivity contribution is -0.122. The molecule has 0 radical (unpaired) electrons. The lowest BCUT2D eigenvalue weighted by Gasteiger charge is -2.21. The predicted molar refractivity (Wildman–Crippen MR) is 229 cm³/mol. The molecule has 1 aromatic heterocycles. The Morgan fingerprint density at radius 2 is 1.45 bits per heavy atom. The van der Waals surface area contributed by atoms with Crippen LogP contribution < -0.4 is 32.7 Å². The third-order valence-corrected chi connectivity index (χ3v) is 10.0. The smallest absolute Gasteiger partial charge is 0.252 e. The zero-order valence-corrected chi connectivity index (χ0v) is 32.7. The van der Waals surface area contributed by atoms with Crippen molar-refractivity contribution in [2.75, 3.05) is 26.2 Å². The molecule has 3 amide bonds. The van der Waals surface area contributed by atoms with Gasteiger partial charge < -0.3 is 37.7 Å². The molecular formula is C44H47BrN8O3. The van der Waals surface area contributed by atoms with Crippen molar-refractivity contribution < 1.29 is 14.4 Å². The van der Waals surface area contributed by atoms with Crippen molar-refractivity contribution in [2.45, 2.75) is 38.1 Å². The molecule has 1 unspecified atom stereocenters. The molecule has 0 saturated heterocycles. The van der Waals surface area contributed by atoms with Crippen LogP contribution in [-0.4, -0.2) is 60.9 Å². The van der Waals surface area contributed by atoms with Crippen molar-refractivity contribution in [3.05, 3.63) is 137 Å². The van der Waals surface area contributed by atoms with Gasteiger partial charge in [-0.2, -0.15) is 0 Å². The Morgan fingerprint density at radius 3 is 2.25 bits per heavy atom. The summed E-state index contributed by atoms with van der Waals surface area (Å²) in [7, 11) is 0. The summed E-state index contributed by atoms with van der Waals surface area (Å²) in [6, 6.07) is 33.0. The Bertz CT molecular complexity index is 2320. The number of rotatable bonds is 17. The van der Waals surface area contributed by atoms with Gasteiger partial charge in [-0.3, -0.25) is 14.4 Å². The number of aliphatic imine (C=N–C) groups is 1. The van der Waals surface area contributed by atoms with Crippen molar-refractivity contribution >= 4 is 67.0 Å². The standard InChI is InChI=1S/C44H47BrN8O3/c45-31-19-21-35(40-34-16-7-6-12-29(34)18-20-36(40)41(47)54)37(27-31)42(55)53-39(26-30-28-51-38-17-9-8-15-33(30)38)43(56)48-24-25-50-44(49-23-11-2-1-10-22-46)52-32-13-4-3-5-14-32/h3-9,12-21,27-28,39,51H,1-2,10-11,22-26,46H2,(H2,47,54)(H,48,56)(H,53,55)(H2,49,50,52). The van der Waals surface area contributed by atoms with Crippen molar-refractivity contribution in [2.24, 2.45) is 16.5 Å². The summed E-state index contributed by atoms with van der Waals surface area (Å²) in [5.41, 5.74) is 15.8. The van der Waals surface area contributed by atoms with Gasteiger partial charge in [-0.1, -0.05) is 102 Å². The van der Waals surface area contributed by atoms with Gasteiger partial charge in [0.25, 0.3) is 5.91 Å². The van der Waals surface area contributed by atoms with Gasteiger partial charge in [-0.15, -0.1) is 0 Å². The summed E-state index contributed by atoms with van der Waals surface area (Å²) >= 11 is 3.53. The summed E-state index contributed by atoms with van der Waals surface area (Å²) < 4.78 is 0.660. The maximum Gasteiger partial charge on any atom is 0.252 e. The fraction of sp³-hybridized carbons (Fsp3) is 0.227. The number of nitrogens with two attached hydrogens (primary N) is 2. The molecule has 5 aromatic carbocycles. The minimum Gasteiger partial charge on any atom is -0.366 e. The first kappa shape index (κ1) is 39.7. The highest BCUT2D eigenvalue weighted by Crippen LogP contribution is 2.36. The van der Waals surface area contributed by atoms with E-state index in [0.29, 0.717) is 34.6 Å². The van der Waals surface area contributed by atoms with E-state index in [1.807, 2.05) is 97.2 Å². The number of aromatic amines is 1. The third kappa shape index (κ3) is 10.2. The molecule has 0 saturated carbocycles. The van der Waals surface area contributed by atoms with Crippen LogP contribution in [0.2, 0.25) is 0 Å². The number of aromatic nitrogens is 1. The van der Waals surface area contributed by atoms with Crippen LogP contribution in [0.25, 0.3) is 32.8 Å². The fourth-order valence-electron chi connectivity index (χ4n) is 6.75. The lowest BCUT2D eigenvalue weighted by atomic mass is 9.89. The molecular weight excluding hydrogens is 768 g/mol. The quantitative estimate of drug-likeness (QED) is 0.0306. The molecule has 0 bridgehead atoms. The van der Waals surface area contributed by atoms with Crippen LogP contribution in [0.1, 0.15) is 52.0 Å². The van der Waals surface area contributed by atoms with Crippen LogP contribution in [0.15, 0.2) is 125 Å². The molecule has 288 valence electrons. The van der Waals surface area contributed by atoms with Gasteiger partial charge in [0.2, 0.25) is 11.8 Å². The molecule has 11 nitrogen and oxygen atoms in total. The Labute approximate surface area is 334 Å². The van der Waals surface area contributed by atoms with E-state index in [9.17, 15) is 14.4 Å². The summed E-state index contributed by atoms with van der Waals surface area (Å²) in [4.78, 5) is 49.2. The number of nitrogens with zero attached hydrogens (tertiary/aromatic N) is 1. The molecule has 12 heteroatoms. The highest BCUT2D eigenvalue weighted by molar-refractivity contribution is 9.10. The van der Waals surface area contributed by atoms with Gasteiger partial charge >= 0.3 is 0 Å². The molecule has 0 aliphatic heterocycles. The number of halogens is 1. The maximum absolute atomic E-state index is 14.4. The SMILES string of the molecule is NCCCCCCNC(=Nc1ccccc1)NCCNC(=O)C(Cc1c[nH]c2ccccc12)NC(=O)c1cc(Br)ccc1-c1c(C(N)=O)ccc2ccccc12. The topological polar surface area (TPSA) is 180 Å². The Balaban J connectivity index is 1.22. The van der Waals surface area contributed by atoms with Crippen molar-refractivity contribution in [3.63, 3.8) is 0 Å². The van der Waals surface area contributed by atoms with Crippen molar-refractivity contribution in [1.29, 1.82) is 0 Å². The number of hydrogen-bond donors (Lipinski definition) is 7.